The van der Waals surface area contributed by atoms with Gasteiger partial charge in [-0.15, -0.1) is 5.10 Å². The highest BCUT2D eigenvalue weighted by atomic mass is 16.2. The molecule has 1 aliphatic heterocycles. The summed E-state index contributed by atoms with van der Waals surface area (Å²) in [7, 11) is 0. The fourth-order valence-electron chi connectivity index (χ4n) is 7.45. The first-order valence-corrected chi connectivity index (χ1v) is 18.6. The lowest BCUT2D eigenvalue weighted by molar-refractivity contribution is -0.145. The van der Waals surface area contributed by atoms with Crippen LogP contribution >= 0.6 is 0 Å². The van der Waals surface area contributed by atoms with Crippen molar-refractivity contribution in [1.29, 1.82) is 5.53 Å². The van der Waals surface area contributed by atoms with Crippen LogP contribution in [0.3, 0.4) is 0 Å². The SMILES string of the molecule is CCCC(CC(=O)[C@@H]1[C@H]2CCC[C@H]2CN1C(=O)[C@@H](NC(=O)[C@H](CC(=O)CCCCC(N)=NN=N)C(C)C)C(C)C)C(=O)C(=O)C[C@H](C)CC. The van der Waals surface area contributed by atoms with E-state index in [2.05, 4.69) is 15.6 Å². The van der Waals surface area contributed by atoms with Gasteiger partial charge in [0.2, 0.25) is 17.6 Å². The lowest BCUT2D eigenvalue weighted by Gasteiger charge is -2.33. The molecule has 49 heavy (non-hydrogen) atoms. The van der Waals surface area contributed by atoms with Crippen molar-refractivity contribution in [2.45, 2.75) is 144 Å². The zero-order valence-electron chi connectivity index (χ0n) is 31.0. The molecule has 1 aliphatic carbocycles. The van der Waals surface area contributed by atoms with E-state index in [0.29, 0.717) is 38.6 Å². The number of carbonyl (C=O) groups is 6. The number of likely N-dealkylation sites (tertiary alicyclic amines) is 1. The number of unbranched alkanes of at least 4 members (excludes halogenated alkanes) is 1. The maximum Gasteiger partial charge on any atom is 0.246 e. The van der Waals surface area contributed by atoms with Crippen molar-refractivity contribution in [1.82, 2.24) is 10.2 Å². The Balaban J connectivity index is 2.19. The second-order valence-corrected chi connectivity index (χ2v) is 15.2. The minimum Gasteiger partial charge on any atom is -0.386 e. The number of nitrogens with zero attached hydrogens (tertiary/aromatic N) is 3. The Bertz CT molecular complexity index is 1220. The monoisotopic (exact) mass is 686 g/mol. The molecule has 276 valence electrons. The molecule has 0 aromatic carbocycles. The Morgan fingerprint density at radius 2 is 1.59 bits per heavy atom. The molecule has 1 heterocycles. The molecule has 2 aliphatic rings. The standard InChI is InChI=1S/C37H62N6O6/c1-8-13-25(35(47)31(46)18-24(7)9-2)19-30(45)34-28-16-12-14-26(28)21-43(34)37(49)33(23(5)6)40-36(48)29(22(3)4)20-27(44)15-10-11-17-32(38)41-42-39/h22-26,28-29,33-34H,8-21H2,1-7H3,(H,40,48)(H3,38,39,41)/t24-,25?,26+,28+,29-,33+,34+/m1/s1. The van der Waals surface area contributed by atoms with Gasteiger partial charge in [0.1, 0.15) is 17.7 Å². The predicted molar refractivity (Wildman–Crippen MR) is 188 cm³/mol. The first-order valence-electron chi connectivity index (χ1n) is 18.6. The fourth-order valence-corrected chi connectivity index (χ4v) is 7.45. The van der Waals surface area contributed by atoms with Gasteiger partial charge in [-0.2, -0.15) is 5.53 Å². The third-order valence-electron chi connectivity index (χ3n) is 10.6. The van der Waals surface area contributed by atoms with Crippen LogP contribution in [-0.2, 0) is 28.8 Å². The molecule has 1 saturated carbocycles. The van der Waals surface area contributed by atoms with Crippen molar-refractivity contribution in [3.63, 3.8) is 0 Å². The smallest absolute Gasteiger partial charge is 0.246 e. The lowest BCUT2D eigenvalue weighted by atomic mass is 9.83. The Hall–Kier alpha value is -3.31. The lowest BCUT2D eigenvalue weighted by Crippen LogP contribution is -2.56. The van der Waals surface area contributed by atoms with E-state index in [9.17, 15) is 28.8 Å². The summed E-state index contributed by atoms with van der Waals surface area (Å²) < 4.78 is 0. The Morgan fingerprint density at radius 3 is 2.18 bits per heavy atom. The van der Waals surface area contributed by atoms with Crippen molar-refractivity contribution in [3.05, 3.63) is 0 Å². The number of Topliss-reactive ketones (excluding diaryl/α,β-unsaturated/α-hetero) is 4. The first kappa shape index (κ1) is 41.9. The molecule has 2 fully saturated rings. The van der Waals surface area contributed by atoms with E-state index >= 15 is 0 Å². The normalized spacial score (nSPS) is 21.6. The van der Waals surface area contributed by atoms with Crippen LogP contribution in [0.5, 0.6) is 0 Å². The summed E-state index contributed by atoms with van der Waals surface area (Å²) in [6.07, 6.45) is 6.64. The zero-order chi connectivity index (χ0) is 36.8. The van der Waals surface area contributed by atoms with Crippen LogP contribution in [0.1, 0.15) is 132 Å². The van der Waals surface area contributed by atoms with Crippen LogP contribution in [0.25, 0.3) is 0 Å². The van der Waals surface area contributed by atoms with Crippen LogP contribution < -0.4 is 11.1 Å². The highest BCUT2D eigenvalue weighted by Gasteiger charge is 2.51. The number of fused-ring (bicyclic) bond motifs is 1. The van der Waals surface area contributed by atoms with Gasteiger partial charge in [0.05, 0.1) is 6.04 Å². The molecule has 1 saturated heterocycles. The number of hydrogen-bond acceptors (Lipinski definition) is 8. The Kier molecular flexibility index (Phi) is 17.4. The number of amidine groups is 1. The molecule has 0 aromatic heterocycles. The second kappa shape index (κ2) is 20.4. The van der Waals surface area contributed by atoms with Gasteiger partial charge >= 0.3 is 0 Å². The topological polar surface area (TPSA) is 192 Å². The van der Waals surface area contributed by atoms with Crippen LogP contribution in [0.4, 0.5) is 0 Å². The summed E-state index contributed by atoms with van der Waals surface area (Å²) in [4.78, 5) is 82.7. The van der Waals surface area contributed by atoms with Crippen LogP contribution in [-0.4, -0.2) is 64.3 Å². The highest BCUT2D eigenvalue weighted by Crippen LogP contribution is 2.43. The highest BCUT2D eigenvalue weighted by molar-refractivity contribution is 6.38. The summed E-state index contributed by atoms with van der Waals surface area (Å²) in [5, 5.41) is 9.34. The van der Waals surface area contributed by atoms with Crippen molar-refractivity contribution >= 4 is 40.8 Å². The molecule has 2 amide bonds. The summed E-state index contributed by atoms with van der Waals surface area (Å²) >= 11 is 0. The van der Waals surface area contributed by atoms with Crippen LogP contribution in [0.15, 0.2) is 10.3 Å². The largest absolute Gasteiger partial charge is 0.386 e. The summed E-state index contributed by atoms with van der Waals surface area (Å²) in [6.45, 7) is 13.7. The first-order chi connectivity index (χ1) is 23.2. The van der Waals surface area contributed by atoms with Crippen LogP contribution in [0.2, 0.25) is 0 Å². The van der Waals surface area contributed by atoms with Crippen LogP contribution in [0, 0.1) is 47.0 Å². The van der Waals surface area contributed by atoms with Gasteiger partial charge in [-0.05, 0) is 61.7 Å². The summed E-state index contributed by atoms with van der Waals surface area (Å²) in [5.74, 6) is -3.04. The molecule has 0 spiro atoms. The molecule has 12 heteroatoms. The number of ketones is 4. The molecule has 1 unspecified atom stereocenters. The van der Waals surface area contributed by atoms with Crippen molar-refractivity contribution in [3.8, 4) is 0 Å². The number of carbonyl (C=O) groups excluding carboxylic acids is 6. The molecule has 0 radical (unpaired) electrons. The van der Waals surface area contributed by atoms with E-state index in [1.807, 2.05) is 48.5 Å². The maximum atomic E-state index is 14.3. The fraction of sp³-hybridized carbons (Fsp3) is 0.811. The molecule has 0 aromatic rings. The van der Waals surface area contributed by atoms with Gasteiger partial charge in [-0.25, -0.2) is 0 Å². The Labute approximate surface area is 293 Å². The van der Waals surface area contributed by atoms with E-state index in [-0.39, 0.29) is 84.5 Å². The summed E-state index contributed by atoms with van der Waals surface area (Å²) in [5.41, 5.74) is 12.4. The van der Waals surface area contributed by atoms with E-state index in [4.69, 9.17) is 11.3 Å². The van der Waals surface area contributed by atoms with Gasteiger partial charge in [0.25, 0.3) is 0 Å². The molecule has 4 N–H and O–H groups in total. The predicted octanol–water partition coefficient (Wildman–Crippen LogP) is 5.80. The molecular weight excluding hydrogens is 624 g/mol. The van der Waals surface area contributed by atoms with Gasteiger partial charge in [-0.3, -0.25) is 28.8 Å². The van der Waals surface area contributed by atoms with E-state index < -0.39 is 35.5 Å². The average Bonchev–Trinajstić information content (AvgIpc) is 3.65. The molecule has 0 bridgehead atoms. The van der Waals surface area contributed by atoms with Crippen molar-refractivity contribution in [2.24, 2.45) is 57.5 Å². The number of rotatable bonds is 23. The average molecular weight is 687 g/mol. The third-order valence-corrected chi connectivity index (χ3v) is 10.6. The zero-order valence-corrected chi connectivity index (χ0v) is 31.0. The minimum absolute atomic E-state index is 0.00261. The molecular formula is C37H62N6O6. The number of nitrogens with one attached hydrogen (secondary N) is 2. The number of hydrogen-bond donors (Lipinski definition) is 3. The number of nitrogens with two attached hydrogens (primary N) is 1. The van der Waals surface area contributed by atoms with Gasteiger partial charge < -0.3 is 16.0 Å². The molecule has 12 nitrogen and oxygen atoms in total. The van der Waals surface area contributed by atoms with E-state index in [1.165, 1.54) is 0 Å². The second-order valence-electron chi connectivity index (χ2n) is 15.2. The third kappa shape index (κ3) is 12.2. The van der Waals surface area contributed by atoms with Gasteiger partial charge in [0.15, 0.2) is 11.6 Å². The molecule has 2 rings (SSSR count). The quantitative estimate of drug-likeness (QED) is 0.0302. The van der Waals surface area contributed by atoms with Gasteiger partial charge in [0, 0.05) is 50.5 Å². The van der Waals surface area contributed by atoms with Gasteiger partial charge in [-0.1, -0.05) is 73.0 Å². The number of amides is 2. The van der Waals surface area contributed by atoms with Crippen molar-refractivity contribution < 1.29 is 28.8 Å². The Morgan fingerprint density at radius 1 is 0.918 bits per heavy atom. The van der Waals surface area contributed by atoms with E-state index in [1.54, 1.807) is 4.90 Å². The minimum atomic E-state index is -0.882. The van der Waals surface area contributed by atoms with E-state index in [0.717, 1.165) is 25.7 Å². The van der Waals surface area contributed by atoms with Crippen molar-refractivity contribution in [2.75, 3.05) is 6.54 Å². The molecule has 7 atom stereocenters. The maximum absolute atomic E-state index is 14.3. The summed E-state index contributed by atoms with van der Waals surface area (Å²) in [6, 6.07) is -1.57.